The van der Waals surface area contributed by atoms with Crippen LogP contribution in [-0.2, 0) is 25.0 Å². The number of aryl methyl sites for hydroxylation is 2. The largest absolute Gasteiger partial charge is 0.372 e. The monoisotopic (exact) mass is 328 g/mol. The maximum atomic E-state index is 6.13. The zero-order valence-electron chi connectivity index (χ0n) is 10.3. The first kappa shape index (κ1) is 13.6. The van der Waals surface area contributed by atoms with Gasteiger partial charge in [0.25, 0.3) is 0 Å². The van der Waals surface area contributed by atoms with E-state index in [-0.39, 0.29) is 0 Å². The van der Waals surface area contributed by atoms with Gasteiger partial charge in [0.2, 0.25) is 0 Å². The lowest BCUT2D eigenvalue weighted by atomic mass is 10.2. The van der Waals surface area contributed by atoms with Crippen molar-refractivity contribution >= 4 is 27.5 Å². The lowest BCUT2D eigenvalue weighted by Gasteiger charge is -2.04. The molecule has 2 aromatic rings. The molecule has 96 valence electrons. The third-order valence-corrected chi connectivity index (χ3v) is 3.70. The molecule has 0 aliphatic rings. The van der Waals surface area contributed by atoms with Crippen LogP contribution in [0, 0.1) is 6.92 Å². The molecule has 2 rings (SSSR count). The average Bonchev–Trinajstić information content (AvgIpc) is 2.58. The van der Waals surface area contributed by atoms with Crippen molar-refractivity contribution in [2.24, 2.45) is 7.05 Å². The zero-order valence-corrected chi connectivity index (χ0v) is 12.6. The van der Waals surface area contributed by atoms with Gasteiger partial charge in [0.15, 0.2) is 0 Å². The van der Waals surface area contributed by atoms with Gasteiger partial charge in [-0.1, -0.05) is 39.7 Å². The Morgan fingerprint density at radius 1 is 1.28 bits per heavy atom. The van der Waals surface area contributed by atoms with Gasteiger partial charge in [-0.2, -0.15) is 5.10 Å². The van der Waals surface area contributed by atoms with E-state index in [1.807, 2.05) is 38.2 Å². The highest BCUT2D eigenvalue weighted by atomic mass is 79.9. The van der Waals surface area contributed by atoms with Crippen molar-refractivity contribution in [3.63, 3.8) is 0 Å². The van der Waals surface area contributed by atoms with E-state index >= 15 is 0 Å². The summed E-state index contributed by atoms with van der Waals surface area (Å²) in [6, 6.07) is 8.06. The second kappa shape index (κ2) is 5.87. The van der Waals surface area contributed by atoms with Gasteiger partial charge in [-0.15, -0.1) is 0 Å². The van der Waals surface area contributed by atoms with E-state index in [2.05, 4.69) is 21.0 Å². The van der Waals surface area contributed by atoms with Crippen molar-refractivity contribution in [2.45, 2.75) is 20.1 Å². The molecule has 3 nitrogen and oxygen atoms in total. The summed E-state index contributed by atoms with van der Waals surface area (Å²) in [5.74, 6) is 0. The van der Waals surface area contributed by atoms with E-state index < -0.39 is 0 Å². The van der Waals surface area contributed by atoms with Crippen LogP contribution in [0.1, 0.15) is 16.8 Å². The molecule has 18 heavy (non-hydrogen) atoms. The van der Waals surface area contributed by atoms with Crippen molar-refractivity contribution in [2.75, 3.05) is 0 Å². The Bertz CT molecular complexity index is 537. The molecule has 0 saturated carbocycles. The Morgan fingerprint density at radius 2 is 1.94 bits per heavy atom. The molecule has 0 N–H and O–H groups in total. The van der Waals surface area contributed by atoms with Gasteiger partial charge in [0.05, 0.1) is 18.9 Å². The van der Waals surface area contributed by atoms with E-state index in [4.69, 9.17) is 16.3 Å². The molecule has 0 amide bonds. The molecule has 5 heteroatoms. The van der Waals surface area contributed by atoms with Gasteiger partial charge < -0.3 is 4.74 Å². The first-order valence-corrected chi connectivity index (χ1v) is 6.75. The fourth-order valence-corrected chi connectivity index (χ4v) is 2.18. The predicted octanol–water partition coefficient (Wildman–Crippen LogP) is 3.86. The molecular formula is C13H14BrClN2O. The number of halogens is 2. The summed E-state index contributed by atoms with van der Waals surface area (Å²) in [5, 5.41) is 4.89. The number of benzene rings is 1. The molecule has 1 heterocycles. The van der Waals surface area contributed by atoms with E-state index in [1.54, 1.807) is 4.68 Å². The lowest BCUT2D eigenvalue weighted by molar-refractivity contribution is 0.107. The molecule has 0 atom stereocenters. The number of ether oxygens (including phenoxy) is 1. The Kier molecular flexibility index (Phi) is 4.43. The molecule has 0 spiro atoms. The van der Waals surface area contributed by atoms with Gasteiger partial charge in [0.1, 0.15) is 5.15 Å². The smallest absolute Gasteiger partial charge is 0.132 e. The van der Waals surface area contributed by atoms with Crippen molar-refractivity contribution in [1.82, 2.24) is 9.78 Å². The third-order valence-electron chi connectivity index (χ3n) is 2.70. The zero-order chi connectivity index (χ0) is 13.1. The molecule has 1 aromatic heterocycles. The minimum absolute atomic E-state index is 0.481. The van der Waals surface area contributed by atoms with Gasteiger partial charge in [-0.3, -0.25) is 4.68 Å². The minimum atomic E-state index is 0.481. The van der Waals surface area contributed by atoms with E-state index in [9.17, 15) is 0 Å². The minimum Gasteiger partial charge on any atom is -0.372 e. The van der Waals surface area contributed by atoms with Crippen LogP contribution in [0.15, 0.2) is 28.7 Å². The Balaban J connectivity index is 1.94. The predicted molar refractivity (Wildman–Crippen MR) is 75.6 cm³/mol. The van der Waals surface area contributed by atoms with Crippen LogP contribution in [0.25, 0.3) is 0 Å². The van der Waals surface area contributed by atoms with Crippen LogP contribution in [0.5, 0.6) is 0 Å². The SMILES string of the molecule is Cc1nn(C)c(Cl)c1COCc1ccc(Br)cc1. The number of rotatable bonds is 4. The molecule has 0 unspecified atom stereocenters. The van der Waals surface area contributed by atoms with Gasteiger partial charge in [0, 0.05) is 17.1 Å². The van der Waals surface area contributed by atoms with Gasteiger partial charge in [-0.05, 0) is 24.6 Å². The van der Waals surface area contributed by atoms with E-state index in [0.29, 0.717) is 18.4 Å². The Labute approximate surface area is 120 Å². The third kappa shape index (κ3) is 3.13. The van der Waals surface area contributed by atoms with E-state index in [0.717, 1.165) is 21.3 Å². The lowest BCUT2D eigenvalue weighted by Crippen LogP contribution is -1.95. The van der Waals surface area contributed by atoms with Crippen LogP contribution in [0.2, 0.25) is 5.15 Å². The second-order valence-electron chi connectivity index (χ2n) is 4.10. The second-order valence-corrected chi connectivity index (χ2v) is 5.37. The van der Waals surface area contributed by atoms with E-state index in [1.165, 1.54) is 0 Å². The number of nitrogens with zero attached hydrogens (tertiary/aromatic N) is 2. The molecule has 0 bridgehead atoms. The fraction of sp³-hybridized carbons (Fsp3) is 0.308. The van der Waals surface area contributed by atoms with Crippen LogP contribution in [0.4, 0.5) is 0 Å². The number of aromatic nitrogens is 2. The summed E-state index contributed by atoms with van der Waals surface area (Å²) in [7, 11) is 1.83. The van der Waals surface area contributed by atoms with Crippen molar-refractivity contribution in [3.8, 4) is 0 Å². The Morgan fingerprint density at radius 3 is 2.50 bits per heavy atom. The van der Waals surface area contributed by atoms with Crippen LogP contribution < -0.4 is 0 Å². The Hall–Kier alpha value is -0.840. The van der Waals surface area contributed by atoms with Gasteiger partial charge >= 0.3 is 0 Å². The van der Waals surface area contributed by atoms with Crippen LogP contribution in [-0.4, -0.2) is 9.78 Å². The van der Waals surface area contributed by atoms with Crippen molar-refractivity contribution < 1.29 is 4.74 Å². The number of hydrogen-bond donors (Lipinski definition) is 0. The maximum Gasteiger partial charge on any atom is 0.132 e. The molecule has 0 aliphatic carbocycles. The summed E-state index contributed by atoms with van der Waals surface area (Å²) in [4.78, 5) is 0. The van der Waals surface area contributed by atoms with Crippen LogP contribution in [0.3, 0.4) is 0 Å². The molecular weight excluding hydrogens is 316 g/mol. The quantitative estimate of drug-likeness (QED) is 0.851. The highest BCUT2D eigenvalue weighted by Crippen LogP contribution is 2.20. The average molecular weight is 330 g/mol. The molecule has 0 aliphatic heterocycles. The standard InChI is InChI=1S/C13H14BrClN2O/c1-9-12(13(15)17(2)16-9)8-18-7-10-3-5-11(14)6-4-10/h3-6H,7-8H2,1-2H3. The fourth-order valence-electron chi connectivity index (χ4n) is 1.69. The number of hydrogen-bond acceptors (Lipinski definition) is 2. The highest BCUT2D eigenvalue weighted by Gasteiger charge is 2.10. The summed E-state index contributed by atoms with van der Waals surface area (Å²) in [6.45, 7) is 2.98. The van der Waals surface area contributed by atoms with Crippen molar-refractivity contribution in [1.29, 1.82) is 0 Å². The summed E-state index contributed by atoms with van der Waals surface area (Å²) >= 11 is 9.53. The highest BCUT2D eigenvalue weighted by molar-refractivity contribution is 9.10. The normalized spacial score (nSPS) is 10.9. The first-order chi connectivity index (χ1) is 8.58. The summed E-state index contributed by atoms with van der Waals surface area (Å²) < 4.78 is 8.40. The first-order valence-electron chi connectivity index (χ1n) is 5.58. The molecule has 1 aromatic carbocycles. The summed E-state index contributed by atoms with van der Waals surface area (Å²) in [5.41, 5.74) is 3.01. The molecule has 0 saturated heterocycles. The molecule has 0 fully saturated rings. The maximum absolute atomic E-state index is 6.13. The topological polar surface area (TPSA) is 27.1 Å². The molecule has 0 radical (unpaired) electrons. The van der Waals surface area contributed by atoms with Crippen LogP contribution >= 0.6 is 27.5 Å². The van der Waals surface area contributed by atoms with Gasteiger partial charge in [-0.25, -0.2) is 0 Å². The summed E-state index contributed by atoms with van der Waals surface area (Å²) in [6.07, 6.45) is 0. The van der Waals surface area contributed by atoms with Crippen molar-refractivity contribution in [3.05, 3.63) is 50.7 Å².